The largest absolute Gasteiger partial charge is 0.395 e. The van der Waals surface area contributed by atoms with Gasteiger partial charge in [0.05, 0.1) is 13.2 Å². The summed E-state index contributed by atoms with van der Waals surface area (Å²) < 4.78 is 5.14. The number of nitrogens with zero attached hydrogens (tertiary/aromatic N) is 2. The Morgan fingerprint density at radius 3 is 3.05 bits per heavy atom. The molecule has 2 aromatic rings. The molecule has 0 saturated carbocycles. The lowest BCUT2D eigenvalue weighted by Crippen LogP contribution is -2.26. The second kappa shape index (κ2) is 8.14. The summed E-state index contributed by atoms with van der Waals surface area (Å²) >= 11 is 0. The monoisotopic (exact) mass is 304 g/mol. The molecule has 3 N–H and O–H groups in total. The third kappa shape index (κ3) is 4.56. The first-order valence-corrected chi connectivity index (χ1v) is 7.27. The second-order valence-electron chi connectivity index (χ2n) is 4.77. The SMILES string of the molecule is CCCc1noc(CNc2cccc(C(=O)NCCO)c2)n1. The number of carbonyl (C=O) groups is 1. The van der Waals surface area contributed by atoms with E-state index in [2.05, 4.69) is 27.7 Å². The smallest absolute Gasteiger partial charge is 0.251 e. The van der Waals surface area contributed by atoms with Crippen molar-refractivity contribution >= 4 is 11.6 Å². The topological polar surface area (TPSA) is 100 Å². The number of aliphatic hydroxyl groups excluding tert-OH is 1. The van der Waals surface area contributed by atoms with Gasteiger partial charge in [-0.15, -0.1) is 0 Å². The van der Waals surface area contributed by atoms with E-state index in [1.807, 2.05) is 6.07 Å². The standard InChI is InChI=1S/C15H20N4O3/c1-2-4-13-18-14(22-19-13)10-17-12-6-3-5-11(9-12)15(21)16-7-8-20/h3,5-6,9,17,20H,2,4,7-8,10H2,1H3,(H,16,21). The summed E-state index contributed by atoms with van der Waals surface area (Å²) in [7, 11) is 0. The molecule has 22 heavy (non-hydrogen) atoms. The minimum Gasteiger partial charge on any atom is -0.395 e. The van der Waals surface area contributed by atoms with E-state index in [4.69, 9.17) is 9.63 Å². The lowest BCUT2D eigenvalue weighted by atomic mass is 10.2. The minimum atomic E-state index is -0.222. The molecule has 0 aliphatic heterocycles. The molecule has 1 heterocycles. The Kier molecular flexibility index (Phi) is 5.91. The van der Waals surface area contributed by atoms with Crippen LogP contribution in [-0.4, -0.2) is 34.3 Å². The van der Waals surface area contributed by atoms with E-state index in [1.165, 1.54) is 0 Å². The van der Waals surface area contributed by atoms with Gasteiger partial charge in [0, 0.05) is 24.2 Å². The van der Waals surface area contributed by atoms with Gasteiger partial charge in [-0.3, -0.25) is 4.79 Å². The third-order valence-corrected chi connectivity index (χ3v) is 2.95. The number of aromatic nitrogens is 2. The number of aliphatic hydroxyl groups is 1. The Morgan fingerprint density at radius 1 is 1.41 bits per heavy atom. The quantitative estimate of drug-likeness (QED) is 0.681. The van der Waals surface area contributed by atoms with Crippen LogP contribution in [0.3, 0.4) is 0 Å². The van der Waals surface area contributed by atoms with Crippen LogP contribution in [0, 0.1) is 0 Å². The van der Waals surface area contributed by atoms with Crippen LogP contribution in [0.5, 0.6) is 0 Å². The molecule has 7 nitrogen and oxygen atoms in total. The molecule has 1 aromatic heterocycles. The molecule has 0 radical (unpaired) electrons. The Morgan fingerprint density at radius 2 is 2.27 bits per heavy atom. The van der Waals surface area contributed by atoms with Crippen LogP contribution in [0.25, 0.3) is 0 Å². The highest BCUT2D eigenvalue weighted by Gasteiger charge is 2.07. The van der Waals surface area contributed by atoms with Crippen molar-refractivity contribution in [3.8, 4) is 0 Å². The van der Waals surface area contributed by atoms with Crippen LogP contribution in [0.1, 0.15) is 35.4 Å². The highest BCUT2D eigenvalue weighted by Crippen LogP contribution is 2.12. The van der Waals surface area contributed by atoms with Gasteiger partial charge in [-0.1, -0.05) is 18.1 Å². The Balaban J connectivity index is 1.93. The molecule has 0 aliphatic rings. The molecule has 1 amide bonds. The zero-order valence-electron chi connectivity index (χ0n) is 12.5. The molecule has 0 aliphatic carbocycles. The van der Waals surface area contributed by atoms with Gasteiger partial charge in [0.2, 0.25) is 5.89 Å². The van der Waals surface area contributed by atoms with Crippen molar-refractivity contribution < 1.29 is 14.4 Å². The number of anilines is 1. The summed E-state index contributed by atoms with van der Waals surface area (Å²) in [6, 6.07) is 7.08. The van der Waals surface area contributed by atoms with E-state index in [0.29, 0.717) is 23.8 Å². The van der Waals surface area contributed by atoms with Gasteiger partial charge in [-0.05, 0) is 24.6 Å². The Bertz CT molecular complexity index is 612. The molecule has 0 bridgehead atoms. The molecular weight excluding hydrogens is 284 g/mol. The molecular formula is C15H20N4O3. The van der Waals surface area contributed by atoms with E-state index < -0.39 is 0 Å². The van der Waals surface area contributed by atoms with Crippen LogP contribution >= 0.6 is 0 Å². The van der Waals surface area contributed by atoms with Gasteiger partial charge in [0.15, 0.2) is 5.82 Å². The molecule has 0 saturated heterocycles. The summed E-state index contributed by atoms with van der Waals surface area (Å²) in [6.07, 6.45) is 1.77. The van der Waals surface area contributed by atoms with Gasteiger partial charge in [0.1, 0.15) is 0 Å². The zero-order valence-corrected chi connectivity index (χ0v) is 12.5. The van der Waals surface area contributed by atoms with Gasteiger partial charge in [0.25, 0.3) is 5.91 Å². The summed E-state index contributed by atoms with van der Waals surface area (Å²) in [5.41, 5.74) is 1.31. The predicted octanol–water partition coefficient (Wildman–Crippen LogP) is 1.36. The zero-order chi connectivity index (χ0) is 15.8. The summed E-state index contributed by atoms with van der Waals surface area (Å²) in [4.78, 5) is 16.1. The molecule has 2 rings (SSSR count). The fourth-order valence-corrected chi connectivity index (χ4v) is 1.91. The first-order chi connectivity index (χ1) is 10.7. The van der Waals surface area contributed by atoms with Gasteiger partial charge in [-0.25, -0.2) is 0 Å². The lowest BCUT2D eigenvalue weighted by molar-refractivity contribution is 0.0945. The number of rotatable bonds is 8. The lowest BCUT2D eigenvalue weighted by Gasteiger charge is -2.07. The summed E-state index contributed by atoms with van der Waals surface area (Å²) in [6.45, 7) is 2.61. The average Bonchev–Trinajstić information content (AvgIpc) is 2.99. The van der Waals surface area contributed by atoms with E-state index in [-0.39, 0.29) is 19.1 Å². The molecule has 0 unspecified atom stereocenters. The average molecular weight is 304 g/mol. The van der Waals surface area contributed by atoms with Crippen LogP contribution in [0.2, 0.25) is 0 Å². The Hall–Kier alpha value is -2.41. The van der Waals surface area contributed by atoms with E-state index in [0.717, 1.165) is 18.5 Å². The van der Waals surface area contributed by atoms with Crippen molar-refractivity contribution in [1.82, 2.24) is 15.5 Å². The summed E-state index contributed by atoms with van der Waals surface area (Å²) in [5, 5.41) is 18.4. The molecule has 118 valence electrons. The number of nitrogens with one attached hydrogen (secondary N) is 2. The number of hydrogen-bond donors (Lipinski definition) is 3. The number of carbonyl (C=O) groups excluding carboxylic acids is 1. The maximum absolute atomic E-state index is 11.8. The minimum absolute atomic E-state index is 0.0824. The van der Waals surface area contributed by atoms with Crippen LogP contribution in [0.4, 0.5) is 5.69 Å². The maximum Gasteiger partial charge on any atom is 0.251 e. The molecule has 7 heteroatoms. The van der Waals surface area contributed by atoms with Gasteiger partial charge >= 0.3 is 0 Å². The fourth-order valence-electron chi connectivity index (χ4n) is 1.91. The van der Waals surface area contributed by atoms with Gasteiger partial charge < -0.3 is 20.3 Å². The highest BCUT2D eigenvalue weighted by atomic mass is 16.5. The molecule has 1 aromatic carbocycles. The van der Waals surface area contributed by atoms with Crippen LogP contribution in [0.15, 0.2) is 28.8 Å². The number of aryl methyl sites for hydroxylation is 1. The number of amides is 1. The fraction of sp³-hybridized carbons (Fsp3) is 0.400. The van der Waals surface area contributed by atoms with E-state index in [9.17, 15) is 4.79 Å². The van der Waals surface area contributed by atoms with Crippen molar-refractivity contribution in [2.45, 2.75) is 26.3 Å². The highest BCUT2D eigenvalue weighted by molar-refractivity contribution is 5.95. The normalized spacial score (nSPS) is 10.5. The number of hydrogen-bond acceptors (Lipinski definition) is 6. The molecule has 0 spiro atoms. The van der Waals surface area contributed by atoms with Crippen LogP contribution in [-0.2, 0) is 13.0 Å². The molecule has 0 atom stereocenters. The first kappa shape index (κ1) is 16.0. The third-order valence-electron chi connectivity index (χ3n) is 2.95. The van der Waals surface area contributed by atoms with Crippen molar-refractivity contribution in [3.05, 3.63) is 41.5 Å². The maximum atomic E-state index is 11.8. The van der Waals surface area contributed by atoms with Crippen molar-refractivity contribution in [3.63, 3.8) is 0 Å². The van der Waals surface area contributed by atoms with Crippen molar-refractivity contribution in [2.24, 2.45) is 0 Å². The van der Waals surface area contributed by atoms with Crippen molar-refractivity contribution in [2.75, 3.05) is 18.5 Å². The van der Waals surface area contributed by atoms with Crippen molar-refractivity contribution in [1.29, 1.82) is 0 Å². The number of benzene rings is 1. The van der Waals surface area contributed by atoms with Crippen LogP contribution < -0.4 is 10.6 Å². The molecule has 0 fully saturated rings. The first-order valence-electron chi connectivity index (χ1n) is 7.27. The van der Waals surface area contributed by atoms with E-state index in [1.54, 1.807) is 18.2 Å². The van der Waals surface area contributed by atoms with Gasteiger partial charge in [-0.2, -0.15) is 4.98 Å². The predicted molar refractivity (Wildman–Crippen MR) is 81.5 cm³/mol. The second-order valence-corrected chi connectivity index (χ2v) is 4.77. The van der Waals surface area contributed by atoms with E-state index >= 15 is 0 Å². The Labute approximate surface area is 128 Å². The summed E-state index contributed by atoms with van der Waals surface area (Å²) in [5.74, 6) is 0.996.